The minimum Gasteiger partial charge on any atom is -0.475 e. The summed E-state index contributed by atoms with van der Waals surface area (Å²) in [5.74, 6) is -1.25. The molecule has 0 atom stereocenters. The molecule has 0 saturated heterocycles. The molecule has 16 heavy (non-hydrogen) atoms. The minimum atomic E-state index is -1.11. The maximum Gasteiger partial charge on any atom is 0.374 e. The highest BCUT2D eigenvalue weighted by Crippen LogP contribution is 2.26. The number of hydrogen-bond donors (Lipinski definition) is 1. The second-order valence-electron chi connectivity index (χ2n) is 3.65. The van der Waals surface area contributed by atoms with Crippen LogP contribution in [0.4, 0.5) is 0 Å². The summed E-state index contributed by atoms with van der Waals surface area (Å²) in [4.78, 5) is 10.7. The fraction of sp³-hybridized carbons (Fsp3) is 0.167. The Morgan fingerprint density at radius 1 is 1.31 bits per heavy atom. The number of aromatic carboxylic acids is 1. The zero-order valence-corrected chi connectivity index (χ0v) is 9.02. The summed E-state index contributed by atoms with van der Waals surface area (Å²) in [6, 6.07) is 7.30. The van der Waals surface area contributed by atoms with Crippen molar-refractivity contribution in [3.63, 3.8) is 0 Å². The van der Waals surface area contributed by atoms with E-state index >= 15 is 0 Å². The zero-order valence-electron chi connectivity index (χ0n) is 9.02. The lowest BCUT2D eigenvalue weighted by molar-refractivity contribution is 0.0652. The Bertz CT molecular complexity index is 523. The topological polar surface area (TPSA) is 63.3 Å². The Kier molecular flexibility index (Phi) is 2.48. The molecule has 0 spiro atoms. The molecule has 0 bridgehead atoms. The third-order valence-electron chi connectivity index (χ3n) is 2.46. The fourth-order valence-electron chi connectivity index (χ4n) is 1.71. The van der Waals surface area contributed by atoms with Crippen molar-refractivity contribution in [2.45, 2.75) is 13.8 Å². The average Bonchev–Trinajstić information content (AvgIpc) is 2.66. The van der Waals surface area contributed by atoms with Crippen LogP contribution in [0.1, 0.15) is 21.7 Å². The summed E-state index contributed by atoms with van der Waals surface area (Å²) in [6.45, 7) is 3.91. The van der Waals surface area contributed by atoms with Crippen LogP contribution in [0.2, 0.25) is 0 Å². The van der Waals surface area contributed by atoms with Gasteiger partial charge in [0.05, 0.1) is 0 Å². The number of carboxylic acid groups (broad SMARTS) is 1. The molecule has 4 heteroatoms. The van der Waals surface area contributed by atoms with E-state index in [1.165, 1.54) is 6.07 Å². The molecule has 1 N–H and O–H groups in total. The number of carbonyl (C=O) groups is 1. The van der Waals surface area contributed by atoms with Gasteiger partial charge in [-0.25, -0.2) is 4.79 Å². The van der Waals surface area contributed by atoms with Gasteiger partial charge in [0.15, 0.2) is 0 Å². The first-order valence-electron chi connectivity index (χ1n) is 4.86. The van der Waals surface area contributed by atoms with Crippen molar-refractivity contribution >= 4 is 5.97 Å². The van der Waals surface area contributed by atoms with Gasteiger partial charge in [-0.15, -0.1) is 0 Å². The molecule has 0 radical (unpaired) electrons. The van der Waals surface area contributed by atoms with Crippen LogP contribution >= 0.6 is 0 Å². The Labute approximate surface area is 92.5 Å². The molecule has 4 nitrogen and oxygen atoms in total. The molecule has 0 unspecified atom stereocenters. The van der Waals surface area contributed by atoms with Gasteiger partial charge in [-0.2, -0.15) is 0 Å². The molecular formula is C12H11NO3. The van der Waals surface area contributed by atoms with Gasteiger partial charge in [-0.1, -0.05) is 23.4 Å². The normalized spacial score (nSPS) is 10.4. The van der Waals surface area contributed by atoms with E-state index in [4.69, 9.17) is 9.63 Å². The summed E-state index contributed by atoms with van der Waals surface area (Å²) >= 11 is 0. The van der Waals surface area contributed by atoms with E-state index in [-0.39, 0.29) is 5.76 Å². The largest absolute Gasteiger partial charge is 0.475 e. The van der Waals surface area contributed by atoms with Crippen LogP contribution in [-0.2, 0) is 0 Å². The molecule has 0 saturated carbocycles. The molecule has 0 aliphatic heterocycles. The second kappa shape index (κ2) is 3.81. The molecule has 0 aliphatic rings. The molecular weight excluding hydrogens is 206 g/mol. The molecule has 1 aromatic carbocycles. The smallest absolute Gasteiger partial charge is 0.374 e. The number of nitrogens with zero attached hydrogens (tertiary/aromatic N) is 1. The van der Waals surface area contributed by atoms with Crippen molar-refractivity contribution in [1.82, 2.24) is 5.16 Å². The number of aromatic nitrogens is 1. The highest BCUT2D eigenvalue weighted by Gasteiger charge is 2.14. The van der Waals surface area contributed by atoms with E-state index in [1.54, 1.807) is 0 Å². The van der Waals surface area contributed by atoms with Crippen LogP contribution in [0.15, 0.2) is 28.8 Å². The lowest BCUT2D eigenvalue weighted by Gasteiger charge is -2.04. The number of hydrogen-bond acceptors (Lipinski definition) is 3. The number of rotatable bonds is 2. The van der Waals surface area contributed by atoms with Gasteiger partial charge in [0.1, 0.15) is 5.69 Å². The van der Waals surface area contributed by atoms with E-state index in [9.17, 15) is 4.79 Å². The maximum absolute atomic E-state index is 10.7. The third kappa shape index (κ3) is 1.69. The Balaban J connectivity index is 2.54. The molecule has 82 valence electrons. The van der Waals surface area contributed by atoms with Crippen LogP contribution in [0.3, 0.4) is 0 Å². The van der Waals surface area contributed by atoms with E-state index in [1.807, 2.05) is 32.0 Å². The van der Waals surface area contributed by atoms with Gasteiger partial charge in [-0.05, 0) is 25.0 Å². The molecule has 0 fully saturated rings. The third-order valence-corrected chi connectivity index (χ3v) is 2.46. The first-order valence-corrected chi connectivity index (χ1v) is 4.86. The molecule has 2 rings (SSSR count). The maximum atomic E-state index is 10.7. The highest BCUT2D eigenvalue weighted by molar-refractivity contribution is 5.86. The average molecular weight is 217 g/mol. The lowest BCUT2D eigenvalue weighted by atomic mass is 10.0. The number of carboxylic acids is 1. The van der Waals surface area contributed by atoms with Crippen LogP contribution in [0.25, 0.3) is 11.3 Å². The molecule has 1 heterocycles. The monoisotopic (exact) mass is 217 g/mol. The van der Waals surface area contributed by atoms with Crippen LogP contribution in [0, 0.1) is 13.8 Å². The van der Waals surface area contributed by atoms with Gasteiger partial charge in [0, 0.05) is 11.6 Å². The number of benzene rings is 1. The predicted octanol–water partition coefficient (Wildman–Crippen LogP) is 2.66. The summed E-state index contributed by atoms with van der Waals surface area (Å²) in [6.07, 6.45) is 0. The van der Waals surface area contributed by atoms with E-state index < -0.39 is 5.97 Å². The van der Waals surface area contributed by atoms with Gasteiger partial charge in [0.25, 0.3) is 0 Å². The molecule has 0 aliphatic carbocycles. The summed E-state index contributed by atoms with van der Waals surface area (Å²) in [5.41, 5.74) is 3.59. The predicted molar refractivity (Wildman–Crippen MR) is 58.4 cm³/mol. The van der Waals surface area contributed by atoms with Gasteiger partial charge in [0.2, 0.25) is 5.76 Å². The van der Waals surface area contributed by atoms with Crippen molar-refractivity contribution < 1.29 is 14.4 Å². The van der Waals surface area contributed by atoms with Crippen molar-refractivity contribution in [3.8, 4) is 11.3 Å². The van der Waals surface area contributed by atoms with Crippen LogP contribution < -0.4 is 0 Å². The van der Waals surface area contributed by atoms with Crippen molar-refractivity contribution in [2.24, 2.45) is 0 Å². The first-order chi connectivity index (χ1) is 7.59. The van der Waals surface area contributed by atoms with E-state index in [0.29, 0.717) is 5.69 Å². The minimum absolute atomic E-state index is 0.141. The van der Waals surface area contributed by atoms with E-state index in [2.05, 4.69) is 5.16 Å². The molecule has 1 aromatic heterocycles. The lowest BCUT2D eigenvalue weighted by Crippen LogP contribution is -1.92. The van der Waals surface area contributed by atoms with Gasteiger partial charge < -0.3 is 9.63 Å². The Morgan fingerprint density at radius 2 is 1.94 bits per heavy atom. The summed E-state index contributed by atoms with van der Waals surface area (Å²) in [5, 5.41) is 12.5. The highest BCUT2D eigenvalue weighted by atomic mass is 16.5. The second-order valence-corrected chi connectivity index (χ2v) is 3.65. The molecule has 0 amide bonds. The van der Waals surface area contributed by atoms with Crippen molar-refractivity contribution in [2.75, 3.05) is 0 Å². The Hall–Kier alpha value is -2.10. The zero-order chi connectivity index (χ0) is 11.7. The summed E-state index contributed by atoms with van der Waals surface area (Å²) in [7, 11) is 0. The number of aryl methyl sites for hydroxylation is 2. The van der Waals surface area contributed by atoms with Crippen LogP contribution in [-0.4, -0.2) is 16.2 Å². The molecule has 2 aromatic rings. The van der Waals surface area contributed by atoms with Gasteiger partial charge in [-0.3, -0.25) is 0 Å². The van der Waals surface area contributed by atoms with Gasteiger partial charge >= 0.3 is 5.97 Å². The summed E-state index contributed by atoms with van der Waals surface area (Å²) < 4.78 is 4.74. The fourth-order valence-corrected chi connectivity index (χ4v) is 1.71. The quantitative estimate of drug-likeness (QED) is 0.839. The first kappa shape index (κ1) is 10.4. The Morgan fingerprint density at radius 3 is 2.44 bits per heavy atom. The standard InChI is InChI=1S/C12H11NO3/c1-7-4-3-5-8(2)11(7)9-6-10(12(14)15)16-13-9/h3-6H,1-2H3,(H,14,15). The van der Waals surface area contributed by atoms with Crippen LogP contribution in [0.5, 0.6) is 0 Å². The SMILES string of the molecule is Cc1cccc(C)c1-c1cc(C(=O)O)on1. The van der Waals surface area contributed by atoms with Crippen molar-refractivity contribution in [3.05, 3.63) is 41.2 Å². The van der Waals surface area contributed by atoms with Crippen molar-refractivity contribution in [1.29, 1.82) is 0 Å². The van der Waals surface area contributed by atoms with E-state index in [0.717, 1.165) is 16.7 Å².